The van der Waals surface area contributed by atoms with Gasteiger partial charge in [-0.2, -0.15) is 0 Å². The lowest BCUT2D eigenvalue weighted by Crippen LogP contribution is -3.00. The fourth-order valence-corrected chi connectivity index (χ4v) is 1.76. The number of quaternary nitrogens is 1. The van der Waals surface area contributed by atoms with E-state index in [0.717, 1.165) is 5.56 Å². The molecular weight excluding hydrogens is 282 g/mol. The van der Waals surface area contributed by atoms with Crippen LogP contribution in [0.2, 0.25) is 0 Å². The Morgan fingerprint density at radius 1 is 1.24 bits per heavy atom. The summed E-state index contributed by atoms with van der Waals surface area (Å²) in [5.74, 6) is -0.166. The monoisotopic (exact) mass is 301 g/mol. The van der Waals surface area contributed by atoms with Gasteiger partial charge in [0.05, 0.1) is 27.7 Å². The van der Waals surface area contributed by atoms with Crippen molar-refractivity contribution in [1.29, 1.82) is 0 Å². The van der Waals surface area contributed by atoms with Crippen LogP contribution in [0.15, 0.2) is 30.3 Å². The first-order valence-corrected chi connectivity index (χ1v) is 5.49. The largest absolute Gasteiger partial charge is 1.00 e. The SMILES string of the molecule is CCOC(=O)C(c1ccccc1)[N+](C)(C)C.[Br-]. The van der Waals surface area contributed by atoms with Crippen molar-refractivity contribution in [2.24, 2.45) is 0 Å². The van der Waals surface area contributed by atoms with Crippen LogP contribution in [0, 0.1) is 0 Å². The molecule has 3 nitrogen and oxygen atoms in total. The van der Waals surface area contributed by atoms with Gasteiger partial charge in [0.25, 0.3) is 0 Å². The fourth-order valence-electron chi connectivity index (χ4n) is 1.76. The zero-order valence-electron chi connectivity index (χ0n) is 10.8. The molecule has 0 aliphatic carbocycles. The normalized spacial score (nSPS) is 12.5. The number of ether oxygens (including phenoxy) is 1. The molecule has 0 amide bonds. The summed E-state index contributed by atoms with van der Waals surface area (Å²) in [6, 6.07) is 9.49. The highest BCUT2D eigenvalue weighted by molar-refractivity contribution is 5.76. The average Bonchev–Trinajstić information content (AvgIpc) is 2.17. The summed E-state index contributed by atoms with van der Waals surface area (Å²) >= 11 is 0. The highest BCUT2D eigenvalue weighted by atomic mass is 79.9. The molecule has 0 spiro atoms. The van der Waals surface area contributed by atoms with Crippen molar-refractivity contribution in [3.63, 3.8) is 0 Å². The molecule has 0 radical (unpaired) electrons. The molecule has 1 aromatic rings. The Hall–Kier alpha value is -0.870. The minimum Gasteiger partial charge on any atom is -1.00 e. The van der Waals surface area contributed by atoms with Gasteiger partial charge in [-0.05, 0) is 6.92 Å². The number of hydrogen-bond acceptors (Lipinski definition) is 2. The summed E-state index contributed by atoms with van der Waals surface area (Å²) in [5, 5.41) is 0. The molecule has 0 fully saturated rings. The molecule has 1 aromatic carbocycles. The van der Waals surface area contributed by atoms with E-state index in [0.29, 0.717) is 11.1 Å². The van der Waals surface area contributed by atoms with Crippen molar-refractivity contribution in [2.45, 2.75) is 13.0 Å². The van der Waals surface area contributed by atoms with Gasteiger partial charge in [0.1, 0.15) is 0 Å². The van der Waals surface area contributed by atoms with Gasteiger partial charge in [0.15, 0.2) is 0 Å². The molecule has 17 heavy (non-hydrogen) atoms. The van der Waals surface area contributed by atoms with Gasteiger partial charge in [-0.15, -0.1) is 0 Å². The second kappa shape index (κ2) is 6.77. The Labute approximate surface area is 114 Å². The summed E-state index contributed by atoms with van der Waals surface area (Å²) in [6.45, 7) is 2.25. The van der Waals surface area contributed by atoms with Gasteiger partial charge in [0.2, 0.25) is 6.04 Å². The van der Waals surface area contributed by atoms with Crippen molar-refractivity contribution >= 4 is 5.97 Å². The van der Waals surface area contributed by atoms with Crippen LogP contribution < -0.4 is 17.0 Å². The maximum atomic E-state index is 12.0. The molecule has 1 atom stereocenters. The Kier molecular flexibility index (Phi) is 6.42. The smallest absolute Gasteiger partial charge is 0.369 e. The van der Waals surface area contributed by atoms with Crippen molar-refractivity contribution in [3.8, 4) is 0 Å². The van der Waals surface area contributed by atoms with E-state index in [2.05, 4.69) is 0 Å². The Bertz CT molecular complexity index is 346. The number of halogens is 1. The first-order valence-electron chi connectivity index (χ1n) is 5.49. The van der Waals surface area contributed by atoms with Gasteiger partial charge in [-0.3, -0.25) is 0 Å². The van der Waals surface area contributed by atoms with Crippen molar-refractivity contribution in [3.05, 3.63) is 35.9 Å². The maximum absolute atomic E-state index is 12.0. The number of carbonyl (C=O) groups excluding carboxylic acids is 1. The molecule has 0 saturated carbocycles. The topological polar surface area (TPSA) is 26.3 Å². The molecular formula is C13H20BrNO2. The quantitative estimate of drug-likeness (QED) is 0.527. The molecule has 0 N–H and O–H groups in total. The van der Waals surface area contributed by atoms with Crippen LogP contribution in [0.1, 0.15) is 18.5 Å². The highest BCUT2D eigenvalue weighted by Gasteiger charge is 2.34. The van der Waals surface area contributed by atoms with Crippen LogP contribution in [0.3, 0.4) is 0 Å². The van der Waals surface area contributed by atoms with E-state index in [9.17, 15) is 4.79 Å². The Morgan fingerprint density at radius 3 is 2.18 bits per heavy atom. The summed E-state index contributed by atoms with van der Waals surface area (Å²) < 4.78 is 5.66. The number of rotatable bonds is 4. The number of carbonyl (C=O) groups is 1. The predicted molar refractivity (Wildman–Crippen MR) is 63.8 cm³/mol. The Balaban J connectivity index is 0.00000256. The van der Waals surface area contributed by atoms with Crippen molar-refractivity contribution in [1.82, 2.24) is 0 Å². The molecule has 96 valence electrons. The van der Waals surface area contributed by atoms with Crippen LogP contribution >= 0.6 is 0 Å². The van der Waals surface area contributed by atoms with E-state index in [-0.39, 0.29) is 29.0 Å². The van der Waals surface area contributed by atoms with E-state index in [1.165, 1.54) is 0 Å². The van der Waals surface area contributed by atoms with E-state index >= 15 is 0 Å². The number of benzene rings is 1. The number of likely N-dealkylation sites (N-methyl/N-ethyl adjacent to an activating group) is 1. The van der Waals surface area contributed by atoms with E-state index < -0.39 is 0 Å². The van der Waals surface area contributed by atoms with Gasteiger partial charge in [-0.1, -0.05) is 30.3 Å². The van der Waals surface area contributed by atoms with E-state index in [4.69, 9.17) is 4.74 Å². The lowest BCUT2D eigenvalue weighted by Gasteiger charge is -2.32. The minimum absolute atomic E-state index is 0. The van der Waals surface area contributed by atoms with Crippen molar-refractivity contribution < 1.29 is 31.0 Å². The second-order valence-electron chi connectivity index (χ2n) is 4.68. The zero-order valence-corrected chi connectivity index (χ0v) is 12.4. The van der Waals surface area contributed by atoms with Gasteiger partial charge in [0, 0.05) is 5.56 Å². The lowest BCUT2D eigenvalue weighted by molar-refractivity contribution is -0.893. The molecule has 0 heterocycles. The molecule has 1 unspecified atom stereocenters. The van der Waals surface area contributed by atoms with E-state index in [1.54, 1.807) is 0 Å². The minimum atomic E-state index is -0.263. The van der Waals surface area contributed by atoms with Crippen molar-refractivity contribution in [2.75, 3.05) is 27.7 Å². The van der Waals surface area contributed by atoms with Crippen LogP contribution in [0.5, 0.6) is 0 Å². The number of esters is 1. The lowest BCUT2D eigenvalue weighted by atomic mass is 10.0. The van der Waals surface area contributed by atoms with Crippen LogP contribution in [0.4, 0.5) is 0 Å². The standard InChI is InChI=1S/C13H20NO2.BrH/c1-5-16-13(15)12(14(2,3)4)11-9-7-6-8-10-11;/h6-10,12H,5H2,1-4H3;1H/q+1;/p-1. The van der Waals surface area contributed by atoms with Crippen LogP contribution in [0.25, 0.3) is 0 Å². The van der Waals surface area contributed by atoms with Gasteiger partial charge in [-0.25, -0.2) is 4.79 Å². The molecule has 1 rings (SSSR count). The summed E-state index contributed by atoms with van der Waals surface area (Å²) in [7, 11) is 5.98. The Morgan fingerprint density at radius 2 is 1.76 bits per heavy atom. The first kappa shape index (κ1) is 16.1. The fraction of sp³-hybridized carbons (Fsp3) is 0.462. The van der Waals surface area contributed by atoms with Gasteiger partial charge >= 0.3 is 5.97 Å². The molecule has 0 saturated heterocycles. The second-order valence-corrected chi connectivity index (χ2v) is 4.68. The zero-order chi connectivity index (χ0) is 12.2. The molecule has 4 heteroatoms. The molecule has 0 bridgehead atoms. The third-order valence-electron chi connectivity index (χ3n) is 2.40. The average molecular weight is 302 g/mol. The highest BCUT2D eigenvalue weighted by Crippen LogP contribution is 2.24. The number of nitrogens with zero attached hydrogens (tertiary/aromatic N) is 1. The molecule has 0 aliphatic heterocycles. The van der Waals surface area contributed by atoms with Crippen LogP contribution in [-0.2, 0) is 9.53 Å². The number of hydrogen-bond donors (Lipinski definition) is 0. The predicted octanol–water partition coefficient (Wildman–Crippen LogP) is -0.999. The van der Waals surface area contributed by atoms with Gasteiger partial charge < -0.3 is 26.2 Å². The first-order chi connectivity index (χ1) is 7.46. The molecule has 0 aromatic heterocycles. The van der Waals surface area contributed by atoms with Crippen LogP contribution in [-0.4, -0.2) is 38.2 Å². The summed E-state index contributed by atoms with van der Waals surface area (Å²) in [4.78, 5) is 12.0. The maximum Gasteiger partial charge on any atom is 0.369 e. The van der Waals surface area contributed by atoms with E-state index in [1.807, 2.05) is 58.4 Å². The summed E-state index contributed by atoms with van der Waals surface area (Å²) in [6.07, 6.45) is 0. The molecule has 0 aliphatic rings. The third kappa shape index (κ3) is 4.48. The summed E-state index contributed by atoms with van der Waals surface area (Å²) in [5.41, 5.74) is 0.994. The third-order valence-corrected chi connectivity index (χ3v) is 2.40.